The monoisotopic (exact) mass is 280 g/mol. The number of aryl methyl sites for hydroxylation is 1. The summed E-state index contributed by atoms with van der Waals surface area (Å²) in [6.45, 7) is 3.97. The molecule has 2 N–H and O–H groups in total. The van der Waals surface area contributed by atoms with Gasteiger partial charge in [0.1, 0.15) is 6.04 Å². The van der Waals surface area contributed by atoms with Gasteiger partial charge in [0.25, 0.3) is 0 Å². The molecule has 4 nitrogen and oxygen atoms in total. The fourth-order valence-corrected chi connectivity index (χ4v) is 2.02. The molecule has 0 bridgehead atoms. The molecular formula is C14H20N2O2S. The summed E-state index contributed by atoms with van der Waals surface area (Å²) in [5.74, 6) is -0.138. The molecule has 2 amide bonds. The highest BCUT2D eigenvalue weighted by atomic mass is 32.1. The van der Waals surface area contributed by atoms with Crippen LogP contribution in [0.15, 0.2) is 24.3 Å². The summed E-state index contributed by atoms with van der Waals surface area (Å²) in [6, 6.07) is 7.59. The van der Waals surface area contributed by atoms with Gasteiger partial charge in [0, 0.05) is 19.2 Å². The Balaban J connectivity index is 2.39. The summed E-state index contributed by atoms with van der Waals surface area (Å²) >= 11 is 4.06. The first kappa shape index (κ1) is 15.6. The van der Waals surface area contributed by atoms with Gasteiger partial charge in [-0.25, -0.2) is 0 Å². The highest BCUT2D eigenvalue weighted by Gasteiger charge is 2.16. The van der Waals surface area contributed by atoms with Crippen molar-refractivity contribution >= 4 is 24.4 Å². The van der Waals surface area contributed by atoms with E-state index in [1.54, 1.807) is 0 Å². The number of benzene rings is 1. The van der Waals surface area contributed by atoms with Crippen molar-refractivity contribution in [2.75, 3.05) is 12.3 Å². The molecule has 0 radical (unpaired) electrons. The van der Waals surface area contributed by atoms with E-state index in [9.17, 15) is 9.59 Å². The molecule has 1 aromatic carbocycles. The fourth-order valence-electron chi connectivity index (χ4n) is 1.76. The van der Waals surface area contributed by atoms with E-state index >= 15 is 0 Å². The third-order valence-corrected chi connectivity index (χ3v) is 3.04. The van der Waals surface area contributed by atoms with Crippen LogP contribution in [0.25, 0.3) is 0 Å². The molecule has 0 saturated carbocycles. The molecule has 0 aliphatic rings. The average molecular weight is 280 g/mol. The van der Waals surface area contributed by atoms with Crippen LogP contribution in [0.1, 0.15) is 18.1 Å². The topological polar surface area (TPSA) is 58.2 Å². The summed E-state index contributed by atoms with van der Waals surface area (Å²) in [7, 11) is 0. The molecule has 1 atom stereocenters. The summed E-state index contributed by atoms with van der Waals surface area (Å²) in [6.07, 6.45) is 0.771. The first-order valence-electron chi connectivity index (χ1n) is 6.24. The van der Waals surface area contributed by atoms with Crippen molar-refractivity contribution in [2.24, 2.45) is 0 Å². The van der Waals surface area contributed by atoms with Crippen LogP contribution >= 0.6 is 12.6 Å². The Labute approximate surface area is 119 Å². The molecule has 0 fully saturated rings. The lowest BCUT2D eigenvalue weighted by Crippen LogP contribution is -2.47. The largest absolute Gasteiger partial charge is 0.354 e. The van der Waals surface area contributed by atoms with E-state index in [-0.39, 0.29) is 17.6 Å². The van der Waals surface area contributed by atoms with E-state index in [1.165, 1.54) is 18.1 Å². The number of nitrogens with one attached hydrogen (secondary N) is 2. The van der Waals surface area contributed by atoms with Gasteiger partial charge in [0.05, 0.1) is 0 Å². The summed E-state index contributed by atoms with van der Waals surface area (Å²) in [4.78, 5) is 22.7. The number of rotatable bonds is 6. The minimum Gasteiger partial charge on any atom is -0.354 e. The second-order valence-electron chi connectivity index (χ2n) is 4.47. The molecule has 104 valence electrons. The smallest absolute Gasteiger partial charge is 0.243 e. The van der Waals surface area contributed by atoms with Gasteiger partial charge in [0.2, 0.25) is 11.8 Å². The van der Waals surface area contributed by atoms with Gasteiger partial charge < -0.3 is 10.6 Å². The lowest BCUT2D eigenvalue weighted by Gasteiger charge is -2.15. The molecule has 1 unspecified atom stereocenters. The zero-order valence-electron chi connectivity index (χ0n) is 11.3. The minimum absolute atomic E-state index is 0.196. The van der Waals surface area contributed by atoms with Crippen LogP contribution in [-0.4, -0.2) is 30.2 Å². The van der Waals surface area contributed by atoms with Gasteiger partial charge in [-0.15, -0.1) is 0 Å². The molecule has 1 rings (SSSR count). The Morgan fingerprint density at radius 2 is 2.11 bits per heavy atom. The van der Waals surface area contributed by atoms with E-state index in [4.69, 9.17) is 0 Å². The molecule has 0 saturated heterocycles. The van der Waals surface area contributed by atoms with Gasteiger partial charge in [-0.3, -0.25) is 9.59 Å². The highest BCUT2D eigenvalue weighted by molar-refractivity contribution is 7.80. The predicted octanol–water partition coefficient (Wildman–Crippen LogP) is 1.09. The van der Waals surface area contributed by atoms with Crippen LogP contribution in [0.3, 0.4) is 0 Å². The predicted molar refractivity (Wildman–Crippen MR) is 79.4 cm³/mol. The van der Waals surface area contributed by atoms with Crippen LogP contribution in [0, 0.1) is 6.92 Å². The number of hydrogen-bond acceptors (Lipinski definition) is 3. The molecule has 0 heterocycles. The van der Waals surface area contributed by atoms with Crippen LogP contribution in [0.5, 0.6) is 0 Å². The first-order valence-corrected chi connectivity index (χ1v) is 6.87. The fraction of sp³-hybridized carbons (Fsp3) is 0.429. The number of thiol groups is 1. The van der Waals surface area contributed by atoms with Crippen LogP contribution < -0.4 is 10.6 Å². The Bertz CT molecular complexity index is 449. The third-order valence-electron chi connectivity index (χ3n) is 2.67. The lowest BCUT2D eigenvalue weighted by molar-refractivity contribution is -0.127. The zero-order chi connectivity index (χ0) is 14.3. The Morgan fingerprint density at radius 3 is 2.68 bits per heavy atom. The maximum atomic E-state index is 11.8. The van der Waals surface area contributed by atoms with E-state index in [2.05, 4.69) is 29.3 Å². The minimum atomic E-state index is -0.571. The van der Waals surface area contributed by atoms with Crippen molar-refractivity contribution in [1.29, 1.82) is 0 Å². The molecule has 0 aromatic heterocycles. The molecule has 5 heteroatoms. The quantitative estimate of drug-likeness (QED) is 0.683. The first-order chi connectivity index (χ1) is 9.02. The second kappa shape index (κ2) is 7.84. The molecule has 19 heavy (non-hydrogen) atoms. The standard InChI is InChI=1S/C14H20N2O2S/c1-10-4-3-5-12(8-10)6-7-15-14(18)13(9-19)16-11(2)17/h3-5,8,13,19H,6-7,9H2,1-2H3,(H,15,18)(H,16,17). The highest BCUT2D eigenvalue weighted by Crippen LogP contribution is 2.03. The van der Waals surface area contributed by atoms with Crippen molar-refractivity contribution in [3.63, 3.8) is 0 Å². The van der Waals surface area contributed by atoms with Crippen molar-refractivity contribution in [3.8, 4) is 0 Å². The average Bonchev–Trinajstić information content (AvgIpc) is 2.35. The molecule has 0 aliphatic carbocycles. The Kier molecular flexibility index (Phi) is 6.42. The SMILES string of the molecule is CC(=O)NC(CS)C(=O)NCCc1cccc(C)c1. The third kappa shape index (κ3) is 5.79. The maximum absolute atomic E-state index is 11.8. The normalized spacial score (nSPS) is 11.7. The Hall–Kier alpha value is -1.49. The van der Waals surface area contributed by atoms with Gasteiger partial charge >= 0.3 is 0 Å². The van der Waals surface area contributed by atoms with Gasteiger partial charge in [-0.05, 0) is 18.9 Å². The van der Waals surface area contributed by atoms with Crippen LogP contribution in [-0.2, 0) is 16.0 Å². The maximum Gasteiger partial charge on any atom is 0.243 e. The van der Waals surface area contributed by atoms with Crippen molar-refractivity contribution < 1.29 is 9.59 Å². The van der Waals surface area contributed by atoms with Crippen molar-refractivity contribution in [3.05, 3.63) is 35.4 Å². The number of carbonyl (C=O) groups is 2. The number of hydrogen-bond donors (Lipinski definition) is 3. The number of carbonyl (C=O) groups excluding carboxylic acids is 2. The molecule has 0 aliphatic heterocycles. The summed E-state index contributed by atoms with van der Waals surface area (Å²) in [5.41, 5.74) is 2.39. The van der Waals surface area contributed by atoms with Gasteiger partial charge in [-0.1, -0.05) is 29.8 Å². The van der Waals surface area contributed by atoms with Gasteiger partial charge in [-0.2, -0.15) is 12.6 Å². The lowest BCUT2D eigenvalue weighted by atomic mass is 10.1. The van der Waals surface area contributed by atoms with E-state index in [0.29, 0.717) is 6.54 Å². The van der Waals surface area contributed by atoms with E-state index in [1.807, 2.05) is 25.1 Å². The summed E-state index contributed by atoms with van der Waals surface area (Å²) in [5, 5.41) is 5.36. The van der Waals surface area contributed by atoms with Crippen LogP contribution in [0.4, 0.5) is 0 Å². The van der Waals surface area contributed by atoms with E-state index < -0.39 is 6.04 Å². The second-order valence-corrected chi connectivity index (χ2v) is 4.83. The number of amides is 2. The van der Waals surface area contributed by atoms with Crippen LogP contribution in [0.2, 0.25) is 0 Å². The van der Waals surface area contributed by atoms with Gasteiger partial charge in [0.15, 0.2) is 0 Å². The molecule has 0 spiro atoms. The zero-order valence-corrected chi connectivity index (χ0v) is 12.2. The summed E-state index contributed by atoms with van der Waals surface area (Å²) < 4.78 is 0. The molecular weight excluding hydrogens is 260 g/mol. The molecule has 1 aromatic rings. The van der Waals surface area contributed by atoms with Crippen molar-refractivity contribution in [2.45, 2.75) is 26.3 Å². The van der Waals surface area contributed by atoms with Crippen molar-refractivity contribution in [1.82, 2.24) is 10.6 Å². The van der Waals surface area contributed by atoms with E-state index in [0.717, 1.165) is 6.42 Å². The Morgan fingerprint density at radius 1 is 1.37 bits per heavy atom.